The van der Waals surface area contributed by atoms with Crippen molar-refractivity contribution in [2.24, 2.45) is 0 Å². The Morgan fingerprint density at radius 3 is 2.81 bits per heavy atom. The third-order valence-corrected chi connectivity index (χ3v) is 3.25. The molecule has 2 atom stereocenters. The topological polar surface area (TPSA) is 12.9 Å². The molecule has 0 aliphatic carbocycles. The van der Waals surface area contributed by atoms with Crippen LogP contribution < -0.4 is 0 Å². The molecule has 0 spiro atoms. The fraction of sp³-hybridized carbons (Fsp3) is 0.357. The van der Waals surface area contributed by atoms with E-state index in [9.17, 15) is 0 Å². The first-order valence-corrected chi connectivity index (χ1v) is 6.57. The van der Waals surface area contributed by atoms with Gasteiger partial charge in [-0.3, -0.25) is 4.98 Å². The van der Waals surface area contributed by atoms with Crippen LogP contribution in [0.2, 0.25) is 0 Å². The highest BCUT2D eigenvalue weighted by molar-refractivity contribution is 9.09. The number of halogens is 1. The number of rotatable bonds is 3. The summed E-state index contributed by atoms with van der Waals surface area (Å²) in [5.41, 5.74) is 2.46. The van der Waals surface area contributed by atoms with E-state index in [0.717, 1.165) is 11.9 Å². The quantitative estimate of drug-likeness (QED) is 0.753. The molecule has 16 heavy (non-hydrogen) atoms. The highest BCUT2D eigenvalue weighted by Gasteiger charge is 2.09. The van der Waals surface area contributed by atoms with E-state index in [1.807, 2.05) is 12.3 Å². The summed E-state index contributed by atoms with van der Waals surface area (Å²) in [4.78, 5) is 4.95. The number of hydrogen-bond acceptors (Lipinski definition) is 1. The SMILES string of the molecule is CC(Br)CC(C)c1ccc2cccnc2c1. The molecule has 0 aliphatic heterocycles. The Balaban J connectivity index is 2.32. The Morgan fingerprint density at radius 2 is 2.06 bits per heavy atom. The van der Waals surface area contributed by atoms with Crippen LogP contribution in [0.5, 0.6) is 0 Å². The van der Waals surface area contributed by atoms with Gasteiger partial charge in [-0.1, -0.05) is 48.0 Å². The van der Waals surface area contributed by atoms with Gasteiger partial charge in [0.2, 0.25) is 0 Å². The van der Waals surface area contributed by atoms with Crippen LogP contribution in [0.1, 0.15) is 31.7 Å². The highest BCUT2D eigenvalue weighted by atomic mass is 79.9. The monoisotopic (exact) mass is 277 g/mol. The summed E-state index contributed by atoms with van der Waals surface area (Å²) in [5.74, 6) is 0.570. The molecule has 0 bridgehead atoms. The Hall–Kier alpha value is -0.890. The van der Waals surface area contributed by atoms with Crippen LogP contribution in [-0.4, -0.2) is 9.81 Å². The first kappa shape index (κ1) is 11.6. The van der Waals surface area contributed by atoms with Gasteiger partial charge in [-0.2, -0.15) is 0 Å². The van der Waals surface area contributed by atoms with Crippen molar-refractivity contribution in [3.05, 3.63) is 42.1 Å². The van der Waals surface area contributed by atoms with Crippen LogP contribution in [0.4, 0.5) is 0 Å². The van der Waals surface area contributed by atoms with Gasteiger partial charge < -0.3 is 0 Å². The summed E-state index contributed by atoms with van der Waals surface area (Å²) in [6.07, 6.45) is 3.00. The average molecular weight is 278 g/mol. The standard InChI is InChI=1S/C14H16BrN/c1-10(8-11(2)15)13-6-5-12-4-3-7-16-14(12)9-13/h3-7,9-11H,8H2,1-2H3. The van der Waals surface area contributed by atoms with Crippen molar-refractivity contribution in [1.82, 2.24) is 4.98 Å². The van der Waals surface area contributed by atoms with Gasteiger partial charge in [0.1, 0.15) is 0 Å². The molecule has 0 radical (unpaired) electrons. The minimum Gasteiger partial charge on any atom is -0.256 e. The molecule has 1 heterocycles. The molecule has 0 saturated carbocycles. The molecule has 1 nitrogen and oxygen atoms in total. The lowest BCUT2D eigenvalue weighted by Crippen LogP contribution is -2.00. The van der Waals surface area contributed by atoms with Crippen molar-refractivity contribution in [2.75, 3.05) is 0 Å². The molecule has 0 amide bonds. The second-order valence-corrected chi connectivity index (χ2v) is 5.94. The lowest BCUT2D eigenvalue weighted by Gasteiger charge is -2.13. The zero-order valence-corrected chi connectivity index (χ0v) is 11.2. The molecule has 0 saturated heterocycles. The molecule has 2 aromatic rings. The fourth-order valence-electron chi connectivity index (χ4n) is 2.01. The van der Waals surface area contributed by atoms with E-state index in [0.29, 0.717) is 10.7 Å². The number of hydrogen-bond donors (Lipinski definition) is 0. The average Bonchev–Trinajstić information content (AvgIpc) is 2.27. The summed E-state index contributed by atoms with van der Waals surface area (Å²) in [6.45, 7) is 4.46. The van der Waals surface area contributed by atoms with Gasteiger partial charge in [-0.15, -0.1) is 0 Å². The third kappa shape index (κ3) is 2.62. The van der Waals surface area contributed by atoms with Crippen LogP contribution in [0, 0.1) is 0 Å². The lowest BCUT2D eigenvalue weighted by atomic mass is 9.95. The van der Waals surface area contributed by atoms with E-state index in [4.69, 9.17) is 0 Å². The molecule has 0 fully saturated rings. The second kappa shape index (κ2) is 4.96. The van der Waals surface area contributed by atoms with Gasteiger partial charge in [0.25, 0.3) is 0 Å². The molecule has 2 rings (SSSR count). The third-order valence-electron chi connectivity index (χ3n) is 2.88. The van der Waals surface area contributed by atoms with Gasteiger partial charge in [0.05, 0.1) is 5.52 Å². The molecule has 84 valence electrons. The highest BCUT2D eigenvalue weighted by Crippen LogP contribution is 2.25. The van der Waals surface area contributed by atoms with E-state index >= 15 is 0 Å². The molecule has 1 aromatic heterocycles. The van der Waals surface area contributed by atoms with E-state index in [1.54, 1.807) is 0 Å². The molecule has 2 heteroatoms. The maximum Gasteiger partial charge on any atom is 0.0704 e. The van der Waals surface area contributed by atoms with Crippen LogP contribution >= 0.6 is 15.9 Å². The largest absolute Gasteiger partial charge is 0.256 e. The maximum absolute atomic E-state index is 4.39. The van der Waals surface area contributed by atoms with Gasteiger partial charge in [0.15, 0.2) is 0 Å². The molecular formula is C14H16BrN. The molecule has 1 aromatic carbocycles. The van der Waals surface area contributed by atoms with E-state index < -0.39 is 0 Å². The van der Waals surface area contributed by atoms with E-state index in [1.165, 1.54) is 10.9 Å². The van der Waals surface area contributed by atoms with E-state index in [-0.39, 0.29) is 0 Å². The van der Waals surface area contributed by atoms with Crippen LogP contribution in [-0.2, 0) is 0 Å². The number of pyridine rings is 1. The minimum atomic E-state index is 0.557. The number of fused-ring (bicyclic) bond motifs is 1. The lowest BCUT2D eigenvalue weighted by molar-refractivity contribution is 0.682. The number of alkyl halides is 1. The van der Waals surface area contributed by atoms with Crippen molar-refractivity contribution in [2.45, 2.75) is 31.0 Å². The first-order chi connectivity index (χ1) is 7.66. The first-order valence-electron chi connectivity index (χ1n) is 5.65. The predicted octanol–water partition coefficient (Wildman–Crippen LogP) is 4.51. The van der Waals surface area contributed by atoms with Crippen molar-refractivity contribution in [3.63, 3.8) is 0 Å². The van der Waals surface area contributed by atoms with Crippen LogP contribution in [0.3, 0.4) is 0 Å². The van der Waals surface area contributed by atoms with Crippen molar-refractivity contribution < 1.29 is 0 Å². The maximum atomic E-state index is 4.39. The Morgan fingerprint density at radius 1 is 1.25 bits per heavy atom. The van der Waals surface area contributed by atoms with Crippen molar-refractivity contribution in [3.8, 4) is 0 Å². The van der Waals surface area contributed by atoms with Crippen LogP contribution in [0.25, 0.3) is 10.9 Å². The van der Waals surface area contributed by atoms with Gasteiger partial charge >= 0.3 is 0 Å². The number of aromatic nitrogens is 1. The Bertz CT molecular complexity index is 479. The van der Waals surface area contributed by atoms with Gasteiger partial charge in [0, 0.05) is 16.4 Å². The summed E-state index contributed by atoms with van der Waals surface area (Å²) >= 11 is 3.61. The second-order valence-electron chi connectivity index (χ2n) is 4.37. The molecule has 0 N–H and O–H groups in total. The van der Waals surface area contributed by atoms with Crippen molar-refractivity contribution in [1.29, 1.82) is 0 Å². The van der Waals surface area contributed by atoms with Gasteiger partial charge in [-0.05, 0) is 30.0 Å². The summed E-state index contributed by atoms with van der Waals surface area (Å²) < 4.78 is 0. The summed E-state index contributed by atoms with van der Waals surface area (Å²) in [6, 6.07) is 10.7. The Labute approximate surface area is 105 Å². The number of benzene rings is 1. The predicted molar refractivity (Wildman–Crippen MR) is 73.2 cm³/mol. The summed E-state index contributed by atoms with van der Waals surface area (Å²) in [5, 5.41) is 1.21. The van der Waals surface area contributed by atoms with Crippen molar-refractivity contribution >= 4 is 26.8 Å². The minimum absolute atomic E-state index is 0.557. The van der Waals surface area contributed by atoms with Gasteiger partial charge in [-0.25, -0.2) is 0 Å². The van der Waals surface area contributed by atoms with E-state index in [2.05, 4.69) is 59.0 Å². The summed E-state index contributed by atoms with van der Waals surface area (Å²) in [7, 11) is 0. The normalized spacial score (nSPS) is 14.9. The zero-order valence-electron chi connectivity index (χ0n) is 9.65. The van der Waals surface area contributed by atoms with Crippen LogP contribution in [0.15, 0.2) is 36.5 Å². The zero-order chi connectivity index (χ0) is 11.5. The smallest absolute Gasteiger partial charge is 0.0704 e. The number of nitrogens with zero attached hydrogens (tertiary/aromatic N) is 1. The molecular weight excluding hydrogens is 262 g/mol. The molecule has 0 aliphatic rings. The fourth-order valence-corrected chi connectivity index (χ4v) is 2.57. The molecule has 2 unspecified atom stereocenters. The Kier molecular flexibility index (Phi) is 3.59.